The summed E-state index contributed by atoms with van der Waals surface area (Å²) < 4.78 is 4.70. The second-order valence-electron chi connectivity index (χ2n) is 5.13. The van der Waals surface area contributed by atoms with Gasteiger partial charge in [0.2, 0.25) is 0 Å². The van der Waals surface area contributed by atoms with Crippen molar-refractivity contribution in [3.8, 4) is 0 Å². The van der Waals surface area contributed by atoms with Crippen molar-refractivity contribution in [3.63, 3.8) is 0 Å². The van der Waals surface area contributed by atoms with Crippen LogP contribution in [0.15, 0.2) is 0 Å². The van der Waals surface area contributed by atoms with Crippen molar-refractivity contribution in [3.05, 3.63) is 10.6 Å². The summed E-state index contributed by atoms with van der Waals surface area (Å²) in [5.74, 6) is 0.582. The van der Waals surface area contributed by atoms with Gasteiger partial charge in [-0.15, -0.1) is 11.3 Å². The van der Waals surface area contributed by atoms with E-state index in [1.807, 2.05) is 6.92 Å². The molecule has 1 heterocycles. The van der Waals surface area contributed by atoms with Crippen molar-refractivity contribution in [2.75, 3.05) is 19.0 Å². The van der Waals surface area contributed by atoms with Crippen LogP contribution in [0.3, 0.4) is 0 Å². The molecular weight excluding hydrogens is 260 g/mol. The first-order valence-corrected chi connectivity index (χ1v) is 7.82. The molecule has 1 aliphatic carbocycles. The molecule has 0 radical (unpaired) electrons. The molecule has 19 heavy (non-hydrogen) atoms. The summed E-state index contributed by atoms with van der Waals surface area (Å²) >= 11 is 1.52. The molecular formula is C14H22N2O2S. The van der Waals surface area contributed by atoms with Gasteiger partial charge in [-0.3, -0.25) is 0 Å². The van der Waals surface area contributed by atoms with Gasteiger partial charge in [0.25, 0.3) is 0 Å². The number of ether oxygens (including phenoxy) is 1. The van der Waals surface area contributed by atoms with E-state index in [2.05, 4.69) is 10.3 Å². The van der Waals surface area contributed by atoms with Gasteiger partial charge in [0.05, 0.1) is 7.11 Å². The molecule has 0 aliphatic heterocycles. The molecule has 0 saturated heterocycles. The number of anilines is 1. The average Bonchev–Trinajstić information content (AvgIpc) is 3.03. The molecule has 1 aromatic heterocycles. The molecule has 0 spiro atoms. The van der Waals surface area contributed by atoms with Gasteiger partial charge in [0.1, 0.15) is 0 Å². The lowest BCUT2D eigenvalue weighted by Crippen LogP contribution is -2.06. The fourth-order valence-electron chi connectivity index (χ4n) is 2.64. The van der Waals surface area contributed by atoms with E-state index in [4.69, 9.17) is 4.74 Å². The van der Waals surface area contributed by atoms with Crippen LogP contribution < -0.4 is 5.32 Å². The maximum absolute atomic E-state index is 11.4. The number of aryl methyl sites for hydroxylation is 1. The van der Waals surface area contributed by atoms with Gasteiger partial charge in [0, 0.05) is 11.4 Å². The molecule has 2 rings (SSSR count). The Morgan fingerprint density at radius 1 is 1.47 bits per heavy atom. The number of nitrogens with zero attached hydrogens (tertiary/aromatic N) is 1. The molecule has 1 aromatic rings. The molecule has 4 nitrogen and oxygen atoms in total. The second-order valence-corrected chi connectivity index (χ2v) is 6.34. The molecule has 0 atom stereocenters. The van der Waals surface area contributed by atoms with Crippen LogP contribution in [0.4, 0.5) is 5.13 Å². The predicted octanol–water partition coefficient (Wildman–Crippen LogP) is 3.62. The van der Waals surface area contributed by atoms with Crippen LogP contribution in [0.1, 0.15) is 53.9 Å². The third-order valence-corrected chi connectivity index (χ3v) is 4.64. The Morgan fingerprint density at radius 3 is 2.89 bits per heavy atom. The van der Waals surface area contributed by atoms with Crippen LogP contribution in [0, 0.1) is 12.8 Å². The lowest BCUT2D eigenvalue weighted by Gasteiger charge is -2.08. The summed E-state index contributed by atoms with van der Waals surface area (Å²) in [4.78, 5) is 16.6. The molecule has 1 saturated carbocycles. The number of thiazole rings is 1. The fraction of sp³-hybridized carbons (Fsp3) is 0.714. The third-order valence-electron chi connectivity index (χ3n) is 3.72. The minimum Gasteiger partial charge on any atom is -0.464 e. The zero-order valence-electron chi connectivity index (χ0n) is 11.7. The Hall–Kier alpha value is -1.10. The van der Waals surface area contributed by atoms with Gasteiger partial charge in [-0.05, 0) is 25.7 Å². The number of rotatable bonds is 6. The molecule has 0 bridgehead atoms. The summed E-state index contributed by atoms with van der Waals surface area (Å²) in [6, 6.07) is 0. The lowest BCUT2D eigenvalue weighted by molar-refractivity contribution is 0.0594. The van der Waals surface area contributed by atoms with E-state index in [1.54, 1.807) is 0 Å². The minimum atomic E-state index is -0.354. The van der Waals surface area contributed by atoms with Gasteiger partial charge in [-0.1, -0.05) is 25.7 Å². The zero-order valence-corrected chi connectivity index (χ0v) is 12.5. The Morgan fingerprint density at radius 2 is 2.21 bits per heavy atom. The molecule has 1 aliphatic rings. The average molecular weight is 282 g/mol. The van der Waals surface area contributed by atoms with Gasteiger partial charge in [0.15, 0.2) is 10.8 Å². The third kappa shape index (κ3) is 3.93. The zero-order chi connectivity index (χ0) is 13.7. The van der Waals surface area contributed by atoms with Crippen molar-refractivity contribution in [2.45, 2.75) is 45.4 Å². The Kier molecular flexibility index (Phi) is 5.19. The summed E-state index contributed by atoms with van der Waals surface area (Å²) in [5, 5.41) is 4.13. The SMILES string of the molecule is COC(=O)c1nc(NCCCC2CCCC2)sc1C. The number of carbonyl (C=O) groups excluding carboxylic acids is 1. The number of hydrogen-bond acceptors (Lipinski definition) is 5. The van der Waals surface area contributed by atoms with E-state index in [0.29, 0.717) is 5.69 Å². The van der Waals surface area contributed by atoms with Crippen molar-refractivity contribution < 1.29 is 9.53 Å². The van der Waals surface area contributed by atoms with Crippen LogP contribution in [0.25, 0.3) is 0 Å². The maximum atomic E-state index is 11.4. The summed E-state index contributed by atoms with van der Waals surface area (Å²) in [6.45, 7) is 2.83. The van der Waals surface area contributed by atoms with Crippen molar-refractivity contribution >= 4 is 22.4 Å². The molecule has 0 aromatic carbocycles. The predicted molar refractivity (Wildman–Crippen MR) is 77.9 cm³/mol. The molecule has 106 valence electrons. The Labute approximate surface area is 118 Å². The highest BCUT2D eigenvalue weighted by atomic mass is 32.1. The van der Waals surface area contributed by atoms with Gasteiger partial charge < -0.3 is 10.1 Å². The van der Waals surface area contributed by atoms with E-state index in [0.717, 1.165) is 22.5 Å². The topological polar surface area (TPSA) is 51.2 Å². The van der Waals surface area contributed by atoms with Crippen molar-refractivity contribution in [2.24, 2.45) is 5.92 Å². The first-order chi connectivity index (χ1) is 9.20. The van der Waals surface area contributed by atoms with Gasteiger partial charge in [-0.25, -0.2) is 9.78 Å². The molecule has 5 heteroatoms. The van der Waals surface area contributed by atoms with Crippen molar-refractivity contribution in [1.82, 2.24) is 4.98 Å². The van der Waals surface area contributed by atoms with E-state index in [1.165, 1.54) is 57.0 Å². The van der Waals surface area contributed by atoms with Crippen LogP contribution in [0.5, 0.6) is 0 Å². The van der Waals surface area contributed by atoms with E-state index in [9.17, 15) is 4.79 Å². The smallest absolute Gasteiger partial charge is 0.357 e. The quantitative estimate of drug-likeness (QED) is 0.639. The maximum Gasteiger partial charge on any atom is 0.357 e. The van der Waals surface area contributed by atoms with Gasteiger partial charge >= 0.3 is 5.97 Å². The number of esters is 1. The van der Waals surface area contributed by atoms with Crippen LogP contribution in [-0.2, 0) is 4.74 Å². The van der Waals surface area contributed by atoms with Crippen LogP contribution in [0.2, 0.25) is 0 Å². The molecule has 1 fully saturated rings. The second kappa shape index (κ2) is 6.89. The van der Waals surface area contributed by atoms with E-state index >= 15 is 0 Å². The summed E-state index contributed by atoms with van der Waals surface area (Å²) in [7, 11) is 1.38. The fourth-order valence-corrected chi connectivity index (χ4v) is 3.47. The minimum absolute atomic E-state index is 0.354. The number of aromatic nitrogens is 1. The van der Waals surface area contributed by atoms with Crippen LogP contribution in [-0.4, -0.2) is 24.6 Å². The van der Waals surface area contributed by atoms with E-state index in [-0.39, 0.29) is 5.97 Å². The number of hydrogen-bond donors (Lipinski definition) is 1. The lowest BCUT2D eigenvalue weighted by atomic mass is 10.0. The normalized spacial score (nSPS) is 15.7. The molecule has 1 N–H and O–H groups in total. The monoisotopic (exact) mass is 282 g/mol. The highest BCUT2D eigenvalue weighted by Gasteiger charge is 2.16. The summed E-state index contributed by atoms with van der Waals surface area (Å²) in [6.07, 6.45) is 8.11. The number of methoxy groups -OCH3 is 1. The first kappa shape index (κ1) is 14.3. The van der Waals surface area contributed by atoms with Gasteiger partial charge in [-0.2, -0.15) is 0 Å². The number of carbonyl (C=O) groups is 1. The first-order valence-electron chi connectivity index (χ1n) is 7.00. The largest absolute Gasteiger partial charge is 0.464 e. The Balaban J connectivity index is 1.75. The number of nitrogens with one attached hydrogen (secondary N) is 1. The van der Waals surface area contributed by atoms with E-state index < -0.39 is 0 Å². The van der Waals surface area contributed by atoms with Crippen LogP contribution >= 0.6 is 11.3 Å². The Bertz CT molecular complexity index is 425. The highest BCUT2D eigenvalue weighted by Crippen LogP contribution is 2.28. The standard InChI is InChI=1S/C14H22N2O2S/c1-10-12(13(17)18-2)16-14(19-10)15-9-5-8-11-6-3-4-7-11/h11H,3-9H2,1-2H3,(H,15,16). The molecule has 0 unspecified atom stereocenters. The highest BCUT2D eigenvalue weighted by molar-refractivity contribution is 7.15. The van der Waals surface area contributed by atoms with Crippen molar-refractivity contribution in [1.29, 1.82) is 0 Å². The summed E-state index contributed by atoms with van der Waals surface area (Å²) in [5.41, 5.74) is 0.436. The molecule has 0 amide bonds.